The van der Waals surface area contributed by atoms with Crippen LogP contribution < -0.4 is 0 Å². The van der Waals surface area contributed by atoms with Gasteiger partial charge in [-0.15, -0.1) is 0 Å². The van der Waals surface area contributed by atoms with Crippen LogP contribution in [0.25, 0.3) is 0 Å². The highest BCUT2D eigenvalue weighted by atomic mass is 32.2. The first-order valence-electron chi connectivity index (χ1n) is 7.41. The van der Waals surface area contributed by atoms with Crippen molar-refractivity contribution in [2.45, 2.75) is 31.1 Å². The summed E-state index contributed by atoms with van der Waals surface area (Å²) < 4.78 is 26.6. The fourth-order valence-corrected chi connectivity index (χ4v) is 4.82. The molecule has 0 N–H and O–H groups in total. The average molecular weight is 294 g/mol. The molecule has 1 aromatic carbocycles. The molecular formula is C15H22N2O2S. The van der Waals surface area contributed by atoms with Crippen LogP contribution in [0, 0.1) is 0 Å². The third-order valence-corrected chi connectivity index (χ3v) is 6.19. The van der Waals surface area contributed by atoms with Crippen molar-refractivity contribution in [3.8, 4) is 0 Å². The summed E-state index contributed by atoms with van der Waals surface area (Å²) >= 11 is 0. The monoisotopic (exact) mass is 294 g/mol. The smallest absolute Gasteiger partial charge is 0.218 e. The molecule has 0 bridgehead atoms. The molecule has 0 spiro atoms. The molecule has 1 aromatic rings. The van der Waals surface area contributed by atoms with Gasteiger partial charge in [-0.05, 0) is 37.9 Å². The standard InChI is InChI=1S/C15H22N2O2S/c18-20(19,13-14-6-2-1-3-7-14)17-11-8-15(12-17)16-9-4-5-10-16/h1-3,6-7,15H,4-5,8-13H2. The summed E-state index contributed by atoms with van der Waals surface area (Å²) in [6.07, 6.45) is 3.49. The van der Waals surface area contributed by atoms with Crippen LogP contribution >= 0.6 is 0 Å². The molecule has 2 aliphatic heterocycles. The van der Waals surface area contributed by atoms with E-state index in [0.717, 1.165) is 25.1 Å². The Morgan fingerprint density at radius 2 is 1.75 bits per heavy atom. The zero-order valence-corrected chi connectivity index (χ0v) is 12.6. The second-order valence-electron chi connectivity index (χ2n) is 5.79. The van der Waals surface area contributed by atoms with Gasteiger partial charge in [0.2, 0.25) is 10.0 Å². The van der Waals surface area contributed by atoms with Crippen molar-refractivity contribution in [1.29, 1.82) is 0 Å². The molecule has 1 atom stereocenters. The lowest BCUT2D eigenvalue weighted by Gasteiger charge is -2.23. The van der Waals surface area contributed by atoms with Gasteiger partial charge in [-0.25, -0.2) is 12.7 Å². The Bertz CT molecular complexity index is 538. The van der Waals surface area contributed by atoms with Crippen molar-refractivity contribution in [2.75, 3.05) is 26.2 Å². The van der Waals surface area contributed by atoms with Gasteiger partial charge in [0.15, 0.2) is 0 Å². The topological polar surface area (TPSA) is 40.6 Å². The minimum absolute atomic E-state index is 0.126. The molecule has 2 aliphatic rings. The van der Waals surface area contributed by atoms with E-state index >= 15 is 0 Å². The zero-order chi connectivity index (χ0) is 14.0. The first kappa shape index (κ1) is 14.0. The van der Waals surface area contributed by atoms with Crippen molar-refractivity contribution >= 4 is 10.0 Å². The molecule has 2 fully saturated rings. The Morgan fingerprint density at radius 1 is 1.05 bits per heavy atom. The largest absolute Gasteiger partial charge is 0.299 e. The molecule has 20 heavy (non-hydrogen) atoms. The van der Waals surface area contributed by atoms with Gasteiger partial charge in [-0.1, -0.05) is 30.3 Å². The van der Waals surface area contributed by atoms with Gasteiger partial charge in [0.25, 0.3) is 0 Å². The van der Waals surface area contributed by atoms with E-state index in [-0.39, 0.29) is 5.75 Å². The van der Waals surface area contributed by atoms with Crippen molar-refractivity contribution < 1.29 is 8.42 Å². The van der Waals surface area contributed by atoms with Crippen LogP contribution in [-0.4, -0.2) is 49.8 Å². The number of hydrogen-bond acceptors (Lipinski definition) is 3. The Hall–Kier alpha value is -0.910. The SMILES string of the molecule is O=S(=O)(Cc1ccccc1)N1CCC(N2CCCC2)C1. The molecule has 0 radical (unpaired) electrons. The summed E-state index contributed by atoms with van der Waals surface area (Å²) in [4.78, 5) is 2.46. The first-order chi connectivity index (χ1) is 9.65. The number of sulfonamides is 1. The zero-order valence-electron chi connectivity index (χ0n) is 11.7. The summed E-state index contributed by atoms with van der Waals surface area (Å²) in [5.74, 6) is 0.126. The predicted octanol–water partition coefficient (Wildman–Crippen LogP) is 1.69. The van der Waals surface area contributed by atoms with Gasteiger partial charge in [-0.3, -0.25) is 4.90 Å². The molecule has 1 unspecified atom stereocenters. The Balaban J connectivity index is 1.64. The maximum absolute atomic E-state index is 12.5. The van der Waals surface area contributed by atoms with E-state index in [9.17, 15) is 8.42 Å². The van der Waals surface area contributed by atoms with Gasteiger partial charge >= 0.3 is 0 Å². The Labute approximate surface area is 121 Å². The van der Waals surface area contributed by atoms with Gasteiger partial charge in [0.1, 0.15) is 0 Å². The van der Waals surface area contributed by atoms with Gasteiger partial charge in [-0.2, -0.15) is 0 Å². The lowest BCUT2D eigenvalue weighted by molar-refractivity contribution is 0.251. The van der Waals surface area contributed by atoms with Crippen LogP contribution in [0.15, 0.2) is 30.3 Å². The number of nitrogens with zero attached hydrogens (tertiary/aromatic N) is 2. The fraction of sp³-hybridized carbons (Fsp3) is 0.600. The van der Waals surface area contributed by atoms with Crippen LogP contribution in [-0.2, 0) is 15.8 Å². The van der Waals surface area contributed by atoms with Crippen LogP contribution in [0.2, 0.25) is 0 Å². The predicted molar refractivity (Wildman–Crippen MR) is 79.9 cm³/mol. The van der Waals surface area contributed by atoms with E-state index in [1.165, 1.54) is 12.8 Å². The van der Waals surface area contributed by atoms with E-state index in [1.807, 2.05) is 30.3 Å². The molecule has 0 aromatic heterocycles. The minimum Gasteiger partial charge on any atom is -0.299 e. The van der Waals surface area contributed by atoms with Crippen LogP contribution in [0.4, 0.5) is 0 Å². The molecule has 0 amide bonds. The summed E-state index contributed by atoms with van der Waals surface area (Å²) in [7, 11) is -3.17. The maximum Gasteiger partial charge on any atom is 0.218 e. The number of rotatable bonds is 4. The third-order valence-electron chi connectivity index (χ3n) is 4.37. The van der Waals surface area contributed by atoms with Crippen molar-refractivity contribution in [3.63, 3.8) is 0 Å². The second kappa shape index (κ2) is 5.84. The number of hydrogen-bond donors (Lipinski definition) is 0. The molecule has 0 aliphatic carbocycles. The third kappa shape index (κ3) is 3.05. The maximum atomic E-state index is 12.5. The number of benzene rings is 1. The molecule has 5 heteroatoms. The number of likely N-dealkylation sites (tertiary alicyclic amines) is 1. The van der Waals surface area contributed by atoms with Crippen molar-refractivity contribution in [3.05, 3.63) is 35.9 Å². The summed E-state index contributed by atoms with van der Waals surface area (Å²) in [5, 5.41) is 0. The van der Waals surface area contributed by atoms with E-state index in [1.54, 1.807) is 4.31 Å². The quantitative estimate of drug-likeness (QED) is 0.848. The molecule has 2 saturated heterocycles. The van der Waals surface area contributed by atoms with Gasteiger partial charge in [0, 0.05) is 19.1 Å². The van der Waals surface area contributed by atoms with Crippen LogP contribution in [0.5, 0.6) is 0 Å². The molecule has 0 saturated carbocycles. The van der Waals surface area contributed by atoms with E-state index in [0.29, 0.717) is 19.1 Å². The molecule has 3 rings (SSSR count). The van der Waals surface area contributed by atoms with Crippen LogP contribution in [0.3, 0.4) is 0 Å². The minimum atomic E-state index is -3.17. The first-order valence-corrected chi connectivity index (χ1v) is 9.02. The van der Waals surface area contributed by atoms with Crippen LogP contribution in [0.1, 0.15) is 24.8 Å². The Kier molecular flexibility index (Phi) is 4.10. The average Bonchev–Trinajstić information content (AvgIpc) is 3.11. The highest BCUT2D eigenvalue weighted by Gasteiger charge is 2.34. The van der Waals surface area contributed by atoms with E-state index < -0.39 is 10.0 Å². The van der Waals surface area contributed by atoms with E-state index in [4.69, 9.17) is 0 Å². The highest BCUT2D eigenvalue weighted by molar-refractivity contribution is 7.88. The van der Waals surface area contributed by atoms with Gasteiger partial charge < -0.3 is 0 Å². The Morgan fingerprint density at radius 3 is 2.45 bits per heavy atom. The summed E-state index contributed by atoms with van der Waals surface area (Å²) in [6.45, 7) is 3.62. The molecule has 2 heterocycles. The van der Waals surface area contributed by atoms with Crippen molar-refractivity contribution in [1.82, 2.24) is 9.21 Å². The lowest BCUT2D eigenvalue weighted by atomic mass is 10.2. The lowest BCUT2D eigenvalue weighted by Crippen LogP contribution is -2.37. The molecular weight excluding hydrogens is 272 g/mol. The van der Waals surface area contributed by atoms with Crippen molar-refractivity contribution in [2.24, 2.45) is 0 Å². The highest BCUT2D eigenvalue weighted by Crippen LogP contribution is 2.23. The van der Waals surface area contributed by atoms with E-state index in [2.05, 4.69) is 4.90 Å². The second-order valence-corrected chi connectivity index (χ2v) is 7.75. The summed E-state index contributed by atoms with van der Waals surface area (Å²) in [6, 6.07) is 9.89. The van der Waals surface area contributed by atoms with Gasteiger partial charge in [0.05, 0.1) is 5.75 Å². The fourth-order valence-electron chi connectivity index (χ4n) is 3.24. The normalized spacial score (nSPS) is 25.3. The molecule has 4 nitrogen and oxygen atoms in total. The molecule has 110 valence electrons. The summed E-state index contributed by atoms with van der Waals surface area (Å²) in [5.41, 5.74) is 0.872.